The van der Waals surface area contributed by atoms with Gasteiger partial charge in [-0.05, 0) is 37.0 Å². The molecule has 0 spiro atoms. The molecule has 0 radical (unpaired) electrons. The minimum Gasteiger partial charge on any atom is -0.480 e. The second kappa shape index (κ2) is 7.13. The number of rotatable bonds is 6. The molecule has 1 fully saturated rings. The number of nitrogens with one attached hydrogen (secondary N) is 3. The first-order chi connectivity index (χ1) is 10.9. The number of carbonyl (C=O) groups is 3. The van der Waals surface area contributed by atoms with Gasteiger partial charge in [0.1, 0.15) is 6.04 Å². The fraction of sp³-hybridized carbons (Fsp3) is 0.438. The molecule has 7 nitrogen and oxygen atoms in total. The molecule has 0 saturated heterocycles. The van der Waals surface area contributed by atoms with Gasteiger partial charge in [-0.1, -0.05) is 19.9 Å². The summed E-state index contributed by atoms with van der Waals surface area (Å²) in [7, 11) is 0. The summed E-state index contributed by atoms with van der Waals surface area (Å²) < 4.78 is 0. The van der Waals surface area contributed by atoms with Gasteiger partial charge < -0.3 is 21.1 Å². The Kier molecular flexibility index (Phi) is 5.20. The second-order valence-corrected chi connectivity index (χ2v) is 5.99. The lowest BCUT2D eigenvalue weighted by molar-refractivity contribution is -0.140. The number of benzene rings is 1. The van der Waals surface area contributed by atoms with Crippen molar-refractivity contribution in [2.75, 3.05) is 5.32 Å². The van der Waals surface area contributed by atoms with Crippen LogP contribution in [0.15, 0.2) is 24.3 Å². The molecule has 0 bridgehead atoms. The molecule has 7 heteroatoms. The van der Waals surface area contributed by atoms with Crippen LogP contribution in [0.4, 0.5) is 10.5 Å². The molecule has 1 saturated carbocycles. The lowest BCUT2D eigenvalue weighted by atomic mass is 10.0. The predicted octanol–water partition coefficient (Wildman–Crippen LogP) is 1.81. The van der Waals surface area contributed by atoms with Crippen LogP contribution in [-0.4, -0.2) is 35.1 Å². The summed E-state index contributed by atoms with van der Waals surface area (Å²) in [6.07, 6.45) is 1.98. The molecule has 1 aromatic carbocycles. The zero-order valence-corrected chi connectivity index (χ0v) is 13.1. The molecule has 1 aromatic rings. The van der Waals surface area contributed by atoms with E-state index in [2.05, 4.69) is 16.0 Å². The molecular weight excluding hydrogens is 298 g/mol. The van der Waals surface area contributed by atoms with Crippen molar-refractivity contribution in [3.63, 3.8) is 0 Å². The molecular formula is C16H21N3O4. The minimum atomic E-state index is -1.08. The third-order valence-electron chi connectivity index (χ3n) is 3.51. The van der Waals surface area contributed by atoms with Crippen LogP contribution in [0.5, 0.6) is 0 Å². The third kappa shape index (κ3) is 4.98. The standard InChI is InChI=1S/C16H21N3O4/c1-9(2)13(15(21)22)19-14(20)10-4-3-5-12(8-10)18-16(23)17-11-6-7-11/h3-5,8-9,11,13H,6-7H2,1-2H3,(H,19,20)(H,21,22)(H2,17,18,23)/t13-/m1/s1. The summed E-state index contributed by atoms with van der Waals surface area (Å²) in [6.45, 7) is 3.44. The van der Waals surface area contributed by atoms with Crippen molar-refractivity contribution in [1.29, 1.82) is 0 Å². The van der Waals surface area contributed by atoms with E-state index in [9.17, 15) is 14.4 Å². The Morgan fingerprint density at radius 1 is 1.22 bits per heavy atom. The lowest BCUT2D eigenvalue weighted by Crippen LogP contribution is -2.44. The molecule has 1 aliphatic rings. The Hall–Kier alpha value is -2.57. The molecule has 1 aliphatic carbocycles. The summed E-state index contributed by atoms with van der Waals surface area (Å²) in [6, 6.07) is 5.35. The summed E-state index contributed by atoms with van der Waals surface area (Å²) in [5, 5.41) is 17.1. The smallest absolute Gasteiger partial charge is 0.326 e. The number of aliphatic carboxylic acids is 1. The van der Waals surface area contributed by atoms with E-state index >= 15 is 0 Å². The maximum atomic E-state index is 12.2. The highest BCUT2D eigenvalue weighted by atomic mass is 16.4. The molecule has 2 rings (SSSR count). The van der Waals surface area contributed by atoms with Gasteiger partial charge in [0.25, 0.3) is 5.91 Å². The van der Waals surface area contributed by atoms with Crippen molar-refractivity contribution >= 4 is 23.6 Å². The van der Waals surface area contributed by atoms with Crippen LogP contribution < -0.4 is 16.0 Å². The van der Waals surface area contributed by atoms with Crippen LogP contribution in [0.2, 0.25) is 0 Å². The summed E-state index contributed by atoms with van der Waals surface area (Å²) in [5.41, 5.74) is 0.772. The Bertz CT molecular complexity index is 611. The van der Waals surface area contributed by atoms with Gasteiger partial charge >= 0.3 is 12.0 Å². The van der Waals surface area contributed by atoms with Crippen LogP contribution >= 0.6 is 0 Å². The van der Waals surface area contributed by atoms with Crippen LogP contribution in [0, 0.1) is 5.92 Å². The maximum absolute atomic E-state index is 12.2. The summed E-state index contributed by atoms with van der Waals surface area (Å²) in [4.78, 5) is 35.0. The molecule has 0 unspecified atom stereocenters. The van der Waals surface area contributed by atoms with E-state index in [1.807, 2.05) is 0 Å². The van der Waals surface area contributed by atoms with E-state index in [1.54, 1.807) is 32.0 Å². The Morgan fingerprint density at radius 3 is 2.48 bits per heavy atom. The van der Waals surface area contributed by atoms with E-state index in [1.165, 1.54) is 6.07 Å². The number of hydrogen-bond acceptors (Lipinski definition) is 3. The molecule has 1 atom stereocenters. The van der Waals surface area contributed by atoms with Crippen molar-refractivity contribution in [1.82, 2.24) is 10.6 Å². The van der Waals surface area contributed by atoms with E-state index in [0.717, 1.165) is 12.8 Å². The molecule has 0 aromatic heterocycles. The normalized spacial score (nSPS) is 14.9. The van der Waals surface area contributed by atoms with E-state index in [4.69, 9.17) is 5.11 Å². The zero-order chi connectivity index (χ0) is 17.0. The van der Waals surface area contributed by atoms with Crippen molar-refractivity contribution in [3.8, 4) is 0 Å². The molecule has 0 aliphatic heterocycles. The molecule has 0 heterocycles. The highest BCUT2D eigenvalue weighted by Gasteiger charge is 2.25. The van der Waals surface area contributed by atoms with Crippen LogP contribution in [0.25, 0.3) is 0 Å². The van der Waals surface area contributed by atoms with Gasteiger partial charge in [-0.3, -0.25) is 4.79 Å². The second-order valence-electron chi connectivity index (χ2n) is 5.99. The molecule has 3 amide bonds. The summed E-state index contributed by atoms with van der Waals surface area (Å²) in [5.74, 6) is -1.80. The number of carboxylic acid groups (broad SMARTS) is 1. The molecule has 23 heavy (non-hydrogen) atoms. The van der Waals surface area contributed by atoms with Crippen LogP contribution in [0.3, 0.4) is 0 Å². The summed E-state index contributed by atoms with van der Waals surface area (Å²) >= 11 is 0. The first-order valence-corrected chi connectivity index (χ1v) is 7.58. The van der Waals surface area contributed by atoms with E-state index < -0.39 is 17.9 Å². The number of amides is 3. The Balaban J connectivity index is 2.01. The largest absolute Gasteiger partial charge is 0.480 e. The highest BCUT2D eigenvalue weighted by Crippen LogP contribution is 2.19. The lowest BCUT2D eigenvalue weighted by Gasteiger charge is -2.18. The number of carbonyl (C=O) groups excluding carboxylic acids is 2. The SMILES string of the molecule is CC(C)[C@@H](NC(=O)c1cccc(NC(=O)NC2CC2)c1)C(=O)O. The zero-order valence-electron chi connectivity index (χ0n) is 13.1. The van der Waals surface area contributed by atoms with Crippen LogP contribution in [-0.2, 0) is 4.79 Å². The van der Waals surface area contributed by atoms with Gasteiger partial charge in [-0.25, -0.2) is 9.59 Å². The van der Waals surface area contributed by atoms with Crippen molar-refractivity contribution in [2.45, 2.75) is 38.8 Å². The first-order valence-electron chi connectivity index (χ1n) is 7.58. The fourth-order valence-corrected chi connectivity index (χ4v) is 2.06. The maximum Gasteiger partial charge on any atom is 0.326 e. The van der Waals surface area contributed by atoms with Gasteiger partial charge in [0.15, 0.2) is 0 Å². The Labute approximate surface area is 134 Å². The monoisotopic (exact) mass is 319 g/mol. The van der Waals surface area contributed by atoms with Crippen LogP contribution in [0.1, 0.15) is 37.0 Å². The third-order valence-corrected chi connectivity index (χ3v) is 3.51. The fourth-order valence-electron chi connectivity index (χ4n) is 2.06. The number of anilines is 1. The number of urea groups is 1. The topological polar surface area (TPSA) is 108 Å². The number of hydrogen-bond donors (Lipinski definition) is 4. The van der Waals surface area contributed by atoms with Crippen molar-refractivity contribution in [3.05, 3.63) is 29.8 Å². The molecule has 4 N–H and O–H groups in total. The average Bonchev–Trinajstić information content (AvgIpc) is 3.27. The first kappa shape index (κ1) is 16.8. The highest BCUT2D eigenvalue weighted by molar-refractivity contribution is 5.98. The minimum absolute atomic E-state index is 0.234. The quantitative estimate of drug-likeness (QED) is 0.641. The van der Waals surface area contributed by atoms with E-state index in [-0.39, 0.29) is 18.0 Å². The van der Waals surface area contributed by atoms with Crippen molar-refractivity contribution in [2.24, 2.45) is 5.92 Å². The van der Waals surface area contributed by atoms with E-state index in [0.29, 0.717) is 11.3 Å². The van der Waals surface area contributed by atoms with Gasteiger partial charge in [0.2, 0.25) is 0 Å². The predicted molar refractivity (Wildman–Crippen MR) is 85.3 cm³/mol. The Morgan fingerprint density at radius 2 is 1.91 bits per heavy atom. The average molecular weight is 319 g/mol. The van der Waals surface area contributed by atoms with Gasteiger partial charge in [-0.15, -0.1) is 0 Å². The van der Waals surface area contributed by atoms with Gasteiger partial charge in [-0.2, -0.15) is 0 Å². The van der Waals surface area contributed by atoms with Gasteiger partial charge in [0, 0.05) is 17.3 Å². The van der Waals surface area contributed by atoms with Crippen molar-refractivity contribution < 1.29 is 19.5 Å². The van der Waals surface area contributed by atoms with Gasteiger partial charge in [0.05, 0.1) is 0 Å². The number of carboxylic acids is 1. The molecule has 124 valence electrons.